The van der Waals surface area contributed by atoms with Crippen molar-refractivity contribution in [1.29, 1.82) is 0 Å². The molecule has 0 atom stereocenters. The summed E-state index contributed by atoms with van der Waals surface area (Å²) in [5, 5.41) is 0. The van der Waals surface area contributed by atoms with Gasteiger partial charge in [0.05, 0.1) is 12.4 Å². The van der Waals surface area contributed by atoms with Crippen LogP contribution in [0.5, 0.6) is 0 Å². The van der Waals surface area contributed by atoms with Crippen LogP contribution in [0.4, 0.5) is 0 Å². The molecular formula is C13H28O3S. The fourth-order valence-corrected chi connectivity index (χ4v) is 2.70. The van der Waals surface area contributed by atoms with Gasteiger partial charge in [-0.15, -0.1) is 0 Å². The summed E-state index contributed by atoms with van der Waals surface area (Å²) in [6, 6.07) is 0. The van der Waals surface area contributed by atoms with Gasteiger partial charge in [0.2, 0.25) is 0 Å². The number of rotatable bonds is 12. The molecule has 104 valence electrons. The molecule has 0 heterocycles. The topological polar surface area (TPSA) is 43.4 Å². The Labute approximate surface area is 107 Å². The standard InChI is InChI=1S/C13H28O3S/c1-3-5-7-9-11-13-17(14,15)16-12-10-8-6-4-2/h3-13H2,1-2H3. The van der Waals surface area contributed by atoms with Crippen molar-refractivity contribution in [3.05, 3.63) is 0 Å². The molecule has 0 aliphatic heterocycles. The fourth-order valence-electron chi connectivity index (χ4n) is 1.66. The van der Waals surface area contributed by atoms with Crippen LogP contribution >= 0.6 is 0 Å². The number of hydrogen-bond donors (Lipinski definition) is 0. The van der Waals surface area contributed by atoms with Crippen LogP contribution in [-0.4, -0.2) is 20.8 Å². The van der Waals surface area contributed by atoms with Gasteiger partial charge in [0.15, 0.2) is 0 Å². The number of unbranched alkanes of at least 4 members (excludes halogenated alkanes) is 7. The van der Waals surface area contributed by atoms with E-state index in [1.165, 1.54) is 12.8 Å². The van der Waals surface area contributed by atoms with E-state index in [4.69, 9.17) is 4.18 Å². The van der Waals surface area contributed by atoms with Crippen LogP contribution in [0.1, 0.15) is 71.6 Å². The molecule has 17 heavy (non-hydrogen) atoms. The fraction of sp³-hybridized carbons (Fsp3) is 1.00. The van der Waals surface area contributed by atoms with Gasteiger partial charge in [-0.3, -0.25) is 4.18 Å². The van der Waals surface area contributed by atoms with Crippen molar-refractivity contribution in [2.45, 2.75) is 71.6 Å². The van der Waals surface area contributed by atoms with Crippen molar-refractivity contribution in [2.24, 2.45) is 0 Å². The summed E-state index contributed by atoms with van der Waals surface area (Å²) in [4.78, 5) is 0. The van der Waals surface area contributed by atoms with E-state index in [0.29, 0.717) is 6.61 Å². The van der Waals surface area contributed by atoms with E-state index in [9.17, 15) is 8.42 Å². The molecule has 0 aromatic rings. The molecule has 0 aromatic carbocycles. The van der Waals surface area contributed by atoms with E-state index in [2.05, 4.69) is 13.8 Å². The van der Waals surface area contributed by atoms with Gasteiger partial charge in [-0.05, 0) is 12.8 Å². The Kier molecular flexibility index (Phi) is 11.0. The number of hydrogen-bond acceptors (Lipinski definition) is 3. The Balaban J connectivity index is 3.46. The monoisotopic (exact) mass is 264 g/mol. The molecule has 0 fully saturated rings. The maximum absolute atomic E-state index is 11.5. The third-order valence-electron chi connectivity index (χ3n) is 2.76. The molecule has 0 aromatic heterocycles. The third kappa shape index (κ3) is 12.2. The minimum atomic E-state index is -3.26. The lowest BCUT2D eigenvalue weighted by atomic mass is 10.2. The lowest BCUT2D eigenvalue weighted by Crippen LogP contribution is -2.11. The van der Waals surface area contributed by atoms with Crippen LogP contribution in [0.3, 0.4) is 0 Å². The van der Waals surface area contributed by atoms with Crippen LogP contribution in [-0.2, 0) is 14.3 Å². The van der Waals surface area contributed by atoms with Gasteiger partial charge in [-0.1, -0.05) is 58.8 Å². The zero-order valence-corrected chi connectivity index (χ0v) is 12.2. The lowest BCUT2D eigenvalue weighted by Gasteiger charge is -2.05. The van der Waals surface area contributed by atoms with Crippen molar-refractivity contribution in [1.82, 2.24) is 0 Å². The largest absolute Gasteiger partial charge is 0.270 e. The second-order valence-electron chi connectivity index (χ2n) is 4.56. The van der Waals surface area contributed by atoms with Gasteiger partial charge in [0.1, 0.15) is 0 Å². The summed E-state index contributed by atoms with van der Waals surface area (Å²) in [7, 11) is -3.26. The van der Waals surface area contributed by atoms with Crippen LogP contribution in [0, 0.1) is 0 Å². The first-order valence-corrected chi connectivity index (χ1v) is 8.57. The molecule has 0 saturated heterocycles. The highest BCUT2D eigenvalue weighted by molar-refractivity contribution is 7.86. The molecular weight excluding hydrogens is 236 g/mol. The molecule has 0 bridgehead atoms. The van der Waals surface area contributed by atoms with Gasteiger partial charge in [0.25, 0.3) is 10.1 Å². The first-order chi connectivity index (χ1) is 8.12. The molecule has 0 aliphatic rings. The molecule has 0 spiro atoms. The molecule has 0 aliphatic carbocycles. The van der Waals surface area contributed by atoms with Crippen molar-refractivity contribution >= 4 is 10.1 Å². The second-order valence-corrected chi connectivity index (χ2v) is 6.32. The molecule has 0 amide bonds. The van der Waals surface area contributed by atoms with E-state index >= 15 is 0 Å². The normalized spacial score (nSPS) is 11.9. The smallest absolute Gasteiger partial charge is 0.267 e. The zero-order chi connectivity index (χ0) is 13.0. The SMILES string of the molecule is CCCCCCCS(=O)(=O)OCCCCCC. The molecule has 4 heteroatoms. The van der Waals surface area contributed by atoms with E-state index in [1.54, 1.807) is 0 Å². The van der Waals surface area contributed by atoms with Crippen molar-refractivity contribution < 1.29 is 12.6 Å². The average molecular weight is 264 g/mol. The second kappa shape index (κ2) is 11.0. The van der Waals surface area contributed by atoms with Crippen molar-refractivity contribution in [2.75, 3.05) is 12.4 Å². The Bertz CT molecular complexity index is 227. The summed E-state index contributed by atoms with van der Waals surface area (Å²) in [6.45, 7) is 4.64. The van der Waals surface area contributed by atoms with Crippen LogP contribution in [0.15, 0.2) is 0 Å². The van der Waals surface area contributed by atoms with Crippen LogP contribution < -0.4 is 0 Å². The third-order valence-corrected chi connectivity index (χ3v) is 4.07. The Morgan fingerprint density at radius 3 is 1.88 bits per heavy atom. The Hall–Kier alpha value is -0.0900. The van der Waals surface area contributed by atoms with Crippen molar-refractivity contribution in [3.8, 4) is 0 Å². The van der Waals surface area contributed by atoms with E-state index in [0.717, 1.165) is 44.9 Å². The highest BCUT2D eigenvalue weighted by atomic mass is 32.2. The molecule has 0 saturated carbocycles. The summed E-state index contributed by atoms with van der Waals surface area (Å²) in [5.41, 5.74) is 0. The molecule has 3 nitrogen and oxygen atoms in total. The van der Waals surface area contributed by atoms with E-state index in [-0.39, 0.29) is 5.75 Å². The summed E-state index contributed by atoms with van der Waals surface area (Å²) < 4.78 is 27.9. The quantitative estimate of drug-likeness (QED) is 0.397. The predicted molar refractivity (Wildman–Crippen MR) is 72.6 cm³/mol. The molecule has 0 rings (SSSR count). The maximum Gasteiger partial charge on any atom is 0.267 e. The first kappa shape index (κ1) is 16.9. The predicted octanol–water partition coefficient (Wildman–Crippen LogP) is 3.88. The maximum atomic E-state index is 11.5. The lowest BCUT2D eigenvalue weighted by molar-refractivity contribution is 0.306. The van der Waals surface area contributed by atoms with Crippen LogP contribution in [0.25, 0.3) is 0 Å². The molecule has 0 N–H and O–H groups in total. The summed E-state index contributed by atoms with van der Waals surface area (Å²) >= 11 is 0. The van der Waals surface area contributed by atoms with Crippen LogP contribution in [0.2, 0.25) is 0 Å². The van der Waals surface area contributed by atoms with E-state index in [1.807, 2.05) is 0 Å². The van der Waals surface area contributed by atoms with Gasteiger partial charge < -0.3 is 0 Å². The Morgan fingerprint density at radius 2 is 1.29 bits per heavy atom. The Morgan fingerprint density at radius 1 is 0.765 bits per heavy atom. The van der Waals surface area contributed by atoms with Gasteiger partial charge in [-0.25, -0.2) is 0 Å². The van der Waals surface area contributed by atoms with Gasteiger partial charge in [0, 0.05) is 0 Å². The minimum Gasteiger partial charge on any atom is -0.270 e. The highest BCUT2D eigenvalue weighted by Crippen LogP contribution is 2.07. The van der Waals surface area contributed by atoms with Crippen molar-refractivity contribution in [3.63, 3.8) is 0 Å². The summed E-state index contributed by atoms with van der Waals surface area (Å²) in [6.07, 6.45) is 9.45. The molecule has 0 unspecified atom stereocenters. The van der Waals surface area contributed by atoms with Gasteiger partial charge in [-0.2, -0.15) is 8.42 Å². The van der Waals surface area contributed by atoms with E-state index < -0.39 is 10.1 Å². The molecule has 0 radical (unpaired) electrons. The first-order valence-electron chi connectivity index (χ1n) is 6.99. The average Bonchev–Trinajstić information content (AvgIpc) is 2.28. The summed E-state index contributed by atoms with van der Waals surface area (Å²) in [5.74, 6) is 0.185. The highest BCUT2D eigenvalue weighted by Gasteiger charge is 2.09. The minimum absolute atomic E-state index is 0.185. The zero-order valence-electron chi connectivity index (χ0n) is 11.4. The van der Waals surface area contributed by atoms with Gasteiger partial charge >= 0.3 is 0 Å².